The van der Waals surface area contributed by atoms with Gasteiger partial charge in [0.15, 0.2) is 0 Å². The van der Waals surface area contributed by atoms with Crippen molar-refractivity contribution in [2.45, 2.75) is 19.9 Å². The number of carbonyl (C=O) groups excluding carboxylic acids is 1. The van der Waals surface area contributed by atoms with Gasteiger partial charge in [-0.15, -0.1) is 0 Å². The molecule has 0 bridgehead atoms. The number of rotatable bonds is 3. The van der Waals surface area contributed by atoms with Gasteiger partial charge in [-0.2, -0.15) is 0 Å². The van der Waals surface area contributed by atoms with E-state index < -0.39 is 6.03 Å². The molecule has 0 aromatic carbocycles. The highest BCUT2D eigenvalue weighted by molar-refractivity contribution is 5.73. The number of nitrogens with zero attached hydrogens (tertiary/aromatic N) is 1. The highest BCUT2D eigenvalue weighted by atomic mass is 16.2. The fourth-order valence-electron chi connectivity index (χ4n) is 0.654. The fraction of sp³-hybridized carbons (Fsp3) is 0.375. The predicted molar refractivity (Wildman–Crippen MR) is 45.9 cm³/mol. The molecule has 11 heavy (non-hydrogen) atoms. The van der Waals surface area contributed by atoms with Crippen LogP contribution in [-0.4, -0.2) is 17.0 Å². The lowest BCUT2D eigenvalue weighted by molar-refractivity contribution is 0.215. The standard InChI is InChI=1S/C8H14N2O/c1-4-5-6-10(7(2)3)8(9)11/h4-7H,1H2,2-3H3,(H2,9,11)/b6-5-. The van der Waals surface area contributed by atoms with Crippen LogP contribution in [0.3, 0.4) is 0 Å². The zero-order valence-electron chi connectivity index (χ0n) is 6.95. The van der Waals surface area contributed by atoms with Gasteiger partial charge in [0.1, 0.15) is 0 Å². The second-order valence-corrected chi connectivity index (χ2v) is 2.42. The molecule has 0 saturated heterocycles. The van der Waals surface area contributed by atoms with Gasteiger partial charge in [0.2, 0.25) is 0 Å². The van der Waals surface area contributed by atoms with E-state index in [4.69, 9.17) is 5.73 Å². The number of hydrogen-bond donors (Lipinski definition) is 1. The molecule has 3 heteroatoms. The molecule has 0 aromatic heterocycles. The Hall–Kier alpha value is -1.25. The van der Waals surface area contributed by atoms with E-state index in [-0.39, 0.29) is 6.04 Å². The summed E-state index contributed by atoms with van der Waals surface area (Å²) in [4.78, 5) is 12.1. The topological polar surface area (TPSA) is 46.3 Å². The zero-order chi connectivity index (χ0) is 8.85. The first kappa shape index (κ1) is 9.75. The normalized spacial score (nSPS) is 10.5. The molecule has 3 nitrogen and oxygen atoms in total. The molecule has 0 radical (unpaired) electrons. The Balaban J connectivity index is 4.22. The lowest BCUT2D eigenvalue weighted by Crippen LogP contribution is -2.36. The van der Waals surface area contributed by atoms with Gasteiger partial charge in [-0.25, -0.2) is 4.79 Å². The molecule has 62 valence electrons. The minimum Gasteiger partial charge on any atom is -0.351 e. The SMILES string of the molecule is C=C/C=C\N(C(N)=O)C(C)C. The van der Waals surface area contributed by atoms with Crippen molar-refractivity contribution in [3.05, 3.63) is 24.9 Å². The Labute approximate surface area is 67.2 Å². The molecule has 0 spiro atoms. The summed E-state index contributed by atoms with van der Waals surface area (Å²) in [6.45, 7) is 7.26. The number of carbonyl (C=O) groups is 1. The van der Waals surface area contributed by atoms with E-state index in [1.807, 2.05) is 13.8 Å². The molecule has 0 aliphatic heterocycles. The minimum atomic E-state index is -0.446. The molecule has 2 amide bonds. The molecule has 0 unspecified atom stereocenters. The summed E-state index contributed by atoms with van der Waals surface area (Å²) in [5.74, 6) is 0. The Morgan fingerprint density at radius 2 is 2.18 bits per heavy atom. The van der Waals surface area contributed by atoms with Crippen LogP contribution in [0.5, 0.6) is 0 Å². The smallest absolute Gasteiger partial charge is 0.319 e. The molecule has 0 aliphatic rings. The average Bonchev–Trinajstić information content (AvgIpc) is 1.87. The van der Waals surface area contributed by atoms with E-state index >= 15 is 0 Å². The van der Waals surface area contributed by atoms with Crippen molar-refractivity contribution >= 4 is 6.03 Å². The number of hydrogen-bond acceptors (Lipinski definition) is 1. The molecule has 0 aromatic rings. The van der Waals surface area contributed by atoms with Crippen molar-refractivity contribution in [3.63, 3.8) is 0 Å². The third-order valence-corrected chi connectivity index (χ3v) is 1.19. The van der Waals surface area contributed by atoms with Crippen molar-refractivity contribution in [1.29, 1.82) is 0 Å². The first-order valence-electron chi connectivity index (χ1n) is 3.46. The van der Waals surface area contributed by atoms with Crippen LogP contribution in [0.1, 0.15) is 13.8 Å². The molecular formula is C8H14N2O. The van der Waals surface area contributed by atoms with E-state index in [0.717, 1.165) is 0 Å². The van der Waals surface area contributed by atoms with E-state index in [0.29, 0.717) is 0 Å². The van der Waals surface area contributed by atoms with E-state index in [1.165, 1.54) is 4.90 Å². The second kappa shape index (κ2) is 4.55. The van der Waals surface area contributed by atoms with Gasteiger partial charge in [0.05, 0.1) is 0 Å². The second-order valence-electron chi connectivity index (χ2n) is 2.42. The maximum absolute atomic E-state index is 10.7. The maximum Gasteiger partial charge on any atom is 0.319 e. The third-order valence-electron chi connectivity index (χ3n) is 1.19. The summed E-state index contributed by atoms with van der Waals surface area (Å²) >= 11 is 0. The Morgan fingerprint density at radius 3 is 2.45 bits per heavy atom. The van der Waals surface area contributed by atoms with Crippen LogP contribution in [0.25, 0.3) is 0 Å². The average molecular weight is 154 g/mol. The zero-order valence-corrected chi connectivity index (χ0v) is 6.95. The summed E-state index contributed by atoms with van der Waals surface area (Å²) in [7, 11) is 0. The van der Waals surface area contributed by atoms with Gasteiger partial charge in [0.25, 0.3) is 0 Å². The van der Waals surface area contributed by atoms with Crippen LogP contribution >= 0.6 is 0 Å². The van der Waals surface area contributed by atoms with Gasteiger partial charge in [0, 0.05) is 12.2 Å². The number of amides is 2. The van der Waals surface area contributed by atoms with Crippen molar-refractivity contribution in [2.75, 3.05) is 0 Å². The van der Waals surface area contributed by atoms with Crippen LogP contribution in [-0.2, 0) is 0 Å². The third kappa shape index (κ3) is 3.45. The number of primary amides is 1. The predicted octanol–water partition coefficient (Wildman–Crippen LogP) is 1.48. The first-order chi connectivity index (χ1) is 5.09. The Morgan fingerprint density at radius 1 is 1.64 bits per heavy atom. The van der Waals surface area contributed by atoms with Crippen LogP contribution in [0.2, 0.25) is 0 Å². The maximum atomic E-state index is 10.7. The van der Waals surface area contributed by atoms with Gasteiger partial charge >= 0.3 is 6.03 Å². The highest BCUT2D eigenvalue weighted by Gasteiger charge is 2.08. The van der Waals surface area contributed by atoms with Crippen LogP contribution in [0.4, 0.5) is 4.79 Å². The molecule has 2 N–H and O–H groups in total. The summed E-state index contributed by atoms with van der Waals surface area (Å²) in [6.07, 6.45) is 4.88. The molecule has 0 saturated carbocycles. The van der Waals surface area contributed by atoms with Crippen LogP contribution in [0, 0.1) is 0 Å². The largest absolute Gasteiger partial charge is 0.351 e. The van der Waals surface area contributed by atoms with Crippen molar-refractivity contribution < 1.29 is 4.79 Å². The van der Waals surface area contributed by atoms with Gasteiger partial charge in [-0.3, -0.25) is 4.90 Å². The lowest BCUT2D eigenvalue weighted by atomic mass is 10.3. The fourth-order valence-corrected chi connectivity index (χ4v) is 0.654. The van der Waals surface area contributed by atoms with Crippen LogP contribution < -0.4 is 5.73 Å². The summed E-state index contributed by atoms with van der Waals surface area (Å²) < 4.78 is 0. The van der Waals surface area contributed by atoms with Gasteiger partial charge in [-0.05, 0) is 19.9 Å². The monoisotopic (exact) mass is 154 g/mol. The lowest BCUT2D eigenvalue weighted by Gasteiger charge is -2.19. The first-order valence-corrected chi connectivity index (χ1v) is 3.46. The highest BCUT2D eigenvalue weighted by Crippen LogP contribution is 1.97. The van der Waals surface area contributed by atoms with Crippen molar-refractivity contribution in [1.82, 2.24) is 4.90 Å². The number of allylic oxidation sites excluding steroid dienone is 2. The molecule has 0 atom stereocenters. The van der Waals surface area contributed by atoms with Crippen molar-refractivity contribution in [2.24, 2.45) is 5.73 Å². The molecule has 0 aliphatic carbocycles. The van der Waals surface area contributed by atoms with Crippen molar-refractivity contribution in [3.8, 4) is 0 Å². The van der Waals surface area contributed by atoms with E-state index in [2.05, 4.69) is 6.58 Å². The molecule has 0 rings (SSSR count). The van der Waals surface area contributed by atoms with Gasteiger partial charge < -0.3 is 5.73 Å². The molecule has 0 heterocycles. The number of urea groups is 1. The summed E-state index contributed by atoms with van der Waals surface area (Å²) in [5.41, 5.74) is 5.08. The minimum absolute atomic E-state index is 0.0868. The molecular weight excluding hydrogens is 140 g/mol. The number of nitrogens with two attached hydrogens (primary N) is 1. The van der Waals surface area contributed by atoms with Crippen LogP contribution in [0.15, 0.2) is 24.9 Å². The summed E-state index contributed by atoms with van der Waals surface area (Å²) in [5, 5.41) is 0. The van der Waals surface area contributed by atoms with Gasteiger partial charge in [-0.1, -0.05) is 12.7 Å². The Bertz CT molecular complexity index is 173. The quantitative estimate of drug-likeness (QED) is 0.615. The van der Waals surface area contributed by atoms with E-state index in [9.17, 15) is 4.79 Å². The molecule has 0 fully saturated rings. The Kier molecular flexibility index (Phi) is 4.03. The summed E-state index contributed by atoms with van der Waals surface area (Å²) in [6, 6.07) is -0.359. The van der Waals surface area contributed by atoms with E-state index in [1.54, 1.807) is 18.4 Å².